The Hall–Kier alpha value is -1.37. The van der Waals surface area contributed by atoms with Gasteiger partial charge in [0.15, 0.2) is 0 Å². The highest BCUT2D eigenvalue weighted by molar-refractivity contribution is 14.1. The van der Waals surface area contributed by atoms with Gasteiger partial charge in [0.25, 0.3) is 5.91 Å². The highest BCUT2D eigenvalue weighted by Gasteiger charge is 2.21. The zero-order valence-corrected chi connectivity index (χ0v) is 16.3. The van der Waals surface area contributed by atoms with Crippen LogP contribution in [0.5, 0.6) is 0 Å². The van der Waals surface area contributed by atoms with E-state index in [9.17, 15) is 4.79 Å². The number of hydrogen-bond acceptors (Lipinski definition) is 2. The number of aryl methyl sites for hydroxylation is 2. The van der Waals surface area contributed by atoms with Crippen LogP contribution in [0.1, 0.15) is 60.4 Å². The van der Waals surface area contributed by atoms with Crippen molar-refractivity contribution in [1.82, 2.24) is 15.1 Å². The topological polar surface area (TPSA) is 46.9 Å². The van der Waals surface area contributed by atoms with Gasteiger partial charge < -0.3 is 5.32 Å². The molecule has 2 aromatic rings. The van der Waals surface area contributed by atoms with Crippen molar-refractivity contribution in [2.75, 3.05) is 0 Å². The first-order chi connectivity index (χ1) is 10.9. The van der Waals surface area contributed by atoms with Gasteiger partial charge in [0, 0.05) is 13.6 Å². The summed E-state index contributed by atoms with van der Waals surface area (Å²) in [7, 11) is 1.82. The predicted octanol–water partition coefficient (Wildman–Crippen LogP) is 4.03. The maximum Gasteiger partial charge on any atom is 0.270 e. The summed E-state index contributed by atoms with van der Waals surface area (Å²) < 4.78 is 2.62. The van der Waals surface area contributed by atoms with Gasteiger partial charge in [0.1, 0.15) is 5.69 Å². The summed E-state index contributed by atoms with van der Waals surface area (Å²) in [6.45, 7) is 6.88. The Bertz CT molecular complexity index is 674. The smallest absolute Gasteiger partial charge is 0.270 e. The molecule has 0 unspecified atom stereocenters. The minimum Gasteiger partial charge on any atom is -0.347 e. The second-order valence-electron chi connectivity index (χ2n) is 6.08. The van der Waals surface area contributed by atoms with Gasteiger partial charge in [-0.1, -0.05) is 51.5 Å². The van der Waals surface area contributed by atoms with Gasteiger partial charge in [0.2, 0.25) is 0 Å². The third kappa shape index (κ3) is 4.34. The molecule has 1 heterocycles. The van der Waals surface area contributed by atoms with Crippen molar-refractivity contribution in [1.29, 1.82) is 0 Å². The van der Waals surface area contributed by atoms with Gasteiger partial charge in [-0.2, -0.15) is 5.10 Å². The highest BCUT2D eigenvalue weighted by Crippen LogP contribution is 2.23. The lowest BCUT2D eigenvalue weighted by molar-refractivity contribution is 0.0940. The normalized spacial score (nSPS) is 11.0. The van der Waals surface area contributed by atoms with E-state index in [2.05, 4.69) is 78.0 Å². The van der Waals surface area contributed by atoms with Crippen LogP contribution >= 0.6 is 22.6 Å². The lowest BCUT2D eigenvalue weighted by Gasteiger charge is -2.07. The number of carbonyl (C=O) groups is 1. The zero-order valence-electron chi connectivity index (χ0n) is 14.2. The average Bonchev–Trinajstić information content (AvgIpc) is 2.82. The van der Waals surface area contributed by atoms with Crippen LogP contribution in [0.2, 0.25) is 0 Å². The Balaban J connectivity index is 2.05. The Kier molecular flexibility index (Phi) is 6.21. The van der Waals surface area contributed by atoms with E-state index in [0.29, 0.717) is 18.2 Å². The van der Waals surface area contributed by atoms with Crippen molar-refractivity contribution in [3.8, 4) is 0 Å². The van der Waals surface area contributed by atoms with E-state index in [4.69, 9.17) is 0 Å². The third-order valence-corrected chi connectivity index (χ3v) is 4.85. The molecule has 0 aliphatic carbocycles. The fraction of sp³-hybridized carbons (Fsp3) is 0.444. The Morgan fingerprint density at radius 2 is 1.87 bits per heavy atom. The van der Waals surface area contributed by atoms with E-state index < -0.39 is 0 Å². The van der Waals surface area contributed by atoms with Crippen LogP contribution in [0.15, 0.2) is 24.3 Å². The molecule has 0 saturated carbocycles. The van der Waals surface area contributed by atoms with Gasteiger partial charge in [-0.25, -0.2) is 0 Å². The minimum atomic E-state index is -0.0751. The van der Waals surface area contributed by atoms with E-state index in [1.165, 1.54) is 5.56 Å². The van der Waals surface area contributed by atoms with Crippen LogP contribution < -0.4 is 5.32 Å². The fourth-order valence-electron chi connectivity index (χ4n) is 2.51. The molecule has 0 spiro atoms. The SMILES string of the molecule is CCCc1ccc(CNC(=O)c2c(I)c(C(C)C)nn2C)cc1. The molecule has 0 bridgehead atoms. The van der Waals surface area contributed by atoms with E-state index in [0.717, 1.165) is 27.7 Å². The van der Waals surface area contributed by atoms with Crippen molar-refractivity contribution in [3.05, 3.63) is 50.4 Å². The second-order valence-corrected chi connectivity index (χ2v) is 7.15. The lowest BCUT2D eigenvalue weighted by Crippen LogP contribution is -2.26. The first-order valence-corrected chi connectivity index (χ1v) is 9.10. The lowest BCUT2D eigenvalue weighted by atomic mass is 10.1. The summed E-state index contributed by atoms with van der Waals surface area (Å²) in [4.78, 5) is 12.5. The zero-order chi connectivity index (χ0) is 17.0. The molecule has 4 nitrogen and oxygen atoms in total. The van der Waals surface area contributed by atoms with Crippen LogP contribution in [0.25, 0.3) is 0 Å². The van der Waals surface area contributed by atoms with E-state index in [1.807, 2.05) is 7.05 Å². The van der Waals surface area contributed by atoms with Gasteiger partial charge in [-0.05, 0) is 46.1 Å². The summed E-state index contributed by atoms with van der Waals surface area (Å²) in [6.07, 6.45) is 2.24. The average molecular weight is 425 g/mol. The Labute approximate surface area is 151 Å². The van der Waals surface area contributed by atoms with Gasteiger partial charge in [0.05, 0.1) is 9.26 Å². The number of nitrogens with zero attached hydrogens (tertiary/aromatic N) is 2. The van der Waals surface area contributed by atoms with Crippen LogP contribution in [0.4, 0.5) is 0 Å². The van der Waals surface area contributed by atoms with Crippen molar-refractivity contribution in [3.63, 3.8) is 0 Å². The quantitative estimate of drug-likeness (QED) is 0.711. The molecule has 0 atom stereocenters. The molecule has 1 amide bonds. The third-order valence-electron chi connectivity index (χ3n) is 3.79. The summed E-state index contributed by atoms with van der Waals surface area (Å²) >= 11 is 2.22. The number of aromatic nitrogens is 2. The van der Waals surface area contributed by atoms with Crippen molar-refractivity contribution < 1.29 is 4.79 Å². The van der Waals surface area contributed by atoms with Gasteiger partial charge in [-0.3, -0.25) is 9.48 Å². The highest BCUT2D eigenvalue weighted by atomic mass is 127. The fourth-order valence-corrected chi connectivity index (χ4v) is 3.84. The molecule has 0 aliphatic heterocycles. The van der Waals surface area contributed by atoms with Crippen LogP contribution in [0, 0.1) is 3.57 Å². The maximum absolute atomic E-state index is 12.5. The van der Waals surface area contributed by atoms with Crippen LogP contribution in [0.3, 0.4) is 0 Å². The molecule has 0 aliphatic rings. The molecule has 2 rings (SSSR count). The van der Waals surface area contributed by atoms with Gasteiger partial charge in [-0.15, -0.1) is 0 Å². The summed E-state index contributed by atoms with van der Waals surface area (Å²) in [6, 6.07) is 8.43. The molecule has 1 aromatic heterocycles. The summed E-state index contributed by atoms with van der Waals surface area (Å²) in [5, 5.41) is 7.46. The van der Waals surface area contributed by atoms with E-state index in [1.54, 1.807) is 4.68 Å². The standard InChI is InChI=1S/C18H24IN3O/c1-5-6-13-7-9-14(10-8-13)11-20-18(23)17-15(19)16(12(2)3)21-22(17)4/h7-10,12H,5-6,11H2,1-4H3,(H,20,23). The number of nitrogens with one attached hydrogen (secondary N) is 1. The van der Waals surface area contributed by atoms with Crippen molar-refractivity contribution >= 4 is 28.5 Å². The Morgan fingerprint density at radius 3 is 2.39 bits per heavy atom. The molecular formula is C18H24IN3O. The number of halogens is 1. The van der Waals surface area contributed by atoms with Crippen molar-refractivity contribution in [2.24, 2.45) is 7.05 Å². The number of amides is 1. The largest absolute Gasteiger partial charge is 0.347 e. The molecule has 23 heavy (non-hydrogen) atoms. The number of rotatable bonds is 6. The maximum atomic E-state index is 12.5. The first kappa shape index (κ1) is 18.0. The second kappa shape index (κ2) is 7.95. The number of hydrogen-bond donors (Lipinski definition) is 1. The predicted molar refractivity (Wildman–Crippen MR) is 102 cm³/mol. The first-order valence-electron chi connectivity index (χ1n) is 8.02. The molecule has 0 fully saturated rings. The number of carbonyl (C=O) groups excluding carboxylic acids is 1. The summed E-state index contributed by atoms with van der Waals surface area (Å²) in [5.74, 6) is 0.231. The summed E-state index contributed by atoms with van der Waals surface area (Å²) in [5.41, 5.74) is 4.06. The molecule has 1 N–H and O–H groups in total. The van der Waals surface area contributed by atoms with Crippen molar-refractivity contribution in [2.45, 2.75) is 46.1 Å². The molecule has 0 radical (unpaired) electrons. The van der Waals surface area contributed by atoms with E-state index >= 15 is 0 Å². The molecule has 5 heteroatoms. The molecular weight excluding hydrogens is 401 g/mol. The molecule has 0 saturated heterocycles. The Morgan fingerprint density at radius 1 is 1.26 bits per heavy atom. The number of benzene rings is 1. The monoisotopic (exact) mass is 425 g/mol. The van der Waals surface area contributed by atoms with Crippen LogP contribution in [-0.4, -0.2) is 15.7 Å². The van der Waals surface area contributed by atoms with Gasteiger partial charge >= 0.3 is 0 Å². The van der Waals surface area contributed by atoms with Crippen LogP contribution in [-0.2, 0) is 20.0 Å². The molecule has 124 valence electrons. The molecule has 1 aromatic carbocycles. The van der Waals surface area contributed by atoms with E-state index in [-0.39, 0.29) is 5.91 Å². The minimum absolute atomic E-state index is 0.0751.